The summed E-state index contributed by atoms with van der Waals surface area (Å²) in [5.74, 6) is -0.361. The van der Waals surface area contributed by atoms with Gasteiger partial charge in [0.25, 0.3) is 0 Å². The second kappa shape index (κ2) is 4.59. The summed E-state index contributed by atoms with van der Waals surface area (Å²) in [5.41, 5.74) is 9.68. The quantitative estimate of drug-likeness (QED) is 0.768. The summed E-state index contributed by atoms with van der Waals surface area (Å²) in [5, 5.41) is 9.38. The van der Waals surface area contributed by atoms with Crippen molar-refractivity contribution >= 4 is 23.3 Å². The van der Waals surface area contributed by atoms with Crippen molar-refractivity contribution in [2.24, 2.45) is 0 Å². The summed E-state index contributed by atoms with van der Waals surface area (Å²) in [6.07, 6.45) is -4.49. The van der Waals surface area contributed by atoms with Crippen LogP contribution < -0.4 is 16.8 Å². The Balaban J connectivity index is 2.36. The molecule has 0 atom stereocenters. The van der Waals surface area contributed by atoms with Crippen molar-refractivity contribution < 1.29 is 13.2 Å². The van der Waals surface area contributed by atoms with Gasteiger partial charge in [0.2, 0.25) is 5.95 Å². The van der Waals surface area contributed by atoms with E-state index in [9.17, 15) is 13.2 Å². The number of aromatic nitrogens is 3. The molecule has 0 aliphatic rings. The number of hydrogen-bond acceptors (Lipinski definition) is 6. The summed E-state index contributed by atoms with van der Waals surface area (Å²) in [6, 6.07) is 4.92. The molecule has 6 nitrogen and oxygen atoms in total. The lowest BCUT2D eigenvalue weighted by Crippen LogP contribution is -2.11. The van der Waals surface area contributed by atoms with Gasteiger partial charge in [-0.1, -0.05) is 12.1 Å². The van der Waals surface area contributed by atoms with Gasteiger partial charge in [-0.25, -0.2) is 0 Å². The molecule has 2 aromatic rings. The molecule has 0 fully saturated rings. The molecule has 0 saturated heterocycles. The molecule has 0 aliphatic carbocycles. The van der Waals surface area contributed by atoms with Crippen LogP contribution in [0.4, 0.5) is 36.4 Å². The molecule has 0 bridgehead atoms. The Morgan fingerprint density at radius 3 is 2.32 bits per heavy atom. The Kier molecular flexibility index (Phi) is 3.11. The van der Waals surface area contributed by atoms with Crippen molar-refractivity contribution in [1.82, 2.24) is 15.2 Å². The van der Waals surface area contributed by atoms with Crippen LogP contribution in [-0.2, 0) is 6.18 Å². The van der Waals surface area contributed by atoms with Gasteiger partial charge < -0.3 is 16.8 Å². The summed E-state index contributed by atoms with van der Waals surface area (Å²) in [6.45, 7) is 0. The number of anilines is 4. The number of halogens is 3. The molecule has 0 radical (unpaired) electrons. The molecule has 100 valence electrons. The van der Waals surface area contributed by atoms with Gasteiger partial charge in [0.05, 0.1) is 11.3 Å². The zero-order valence-electron chi connectivity index (χ0n) is 9.44. The maximum Gasteiger partial charge on any atom is 0.418 e. The number of alkyl halides is 3. The van der Waals surface area contributed by atoms with E-state index in [2.05, 4.69) is 20.5 Å². The van der Waals surface area contributed by atoms with Crippen LogP contribution in [0.25, 0.3) is 0 Å². The number of nitrogens with two attached hydrogens (primary N) is 2. The van der Waals surface area contributed by atoms with Crippen LogP contribution in [0.15, 0.2) is 24.3 Å². The summed E-state index contributed by atoms with van der Waals surface area (Å²) in [4.78, 5) is 3.69. The minimum Gasteiger partial charge on any atom is -0.380 e. The van der Waals surface area contributed by atoms with Crippen LogP contribution >= 0.6 is 0 Å². The molecule has 0 saturated carbocycles. The van der Waals surface area contributed by atoms with E-state index >= 15 is 0 Å². The molecule has 1 aromatic heterocycles. The minimum atomic E-state index is -4.49. The Morgan fingerprint density at radius 1 is 1.00 bits per heavy atom. The van der Waals surface area contributed by atoms with Gasteiger partial charge in [0.1, 0.15) is 0 Å². The number of nitrogens with one attached hydrogen (secondary N) is 1. The van der Waals surface area contributed by atoms with Crippen molar-refractivity contribution in [2.45, 2.75) is 6.18 Å². The SMILES string of the molecule is Nc1nnc(Nc2ccccc2C(F)(F)F)nc1N. The Bertz CT molecular complexity index is 598. The third kappa shape index (κ3) is 2.81. The van der Waals surface area contributed by atoms with Crippen molar-refractivity contribution in [1.29, 1.82) is 0 Å². The third-order valence-corrected chi connectivity index (χ3v) is 2.22. The van der Waals surface area contributed by atoms with E-state index in [0.29, 0.717) is 0 Å². The number of para-hydroxylation sites is 1. The topological polar surface area (TPSA) is 103 Å². The first-order valence-electron chi connectivity index (χ1n) is 5.07. The summed E-state index contributed by atoms with van der Waals surface area (Å²) >= 11 is 0. The number of nitrogens with zero attached hydrogens (tertiary/aromatic N) is 3. The minimum absolute atomic E-state index is 0.0883. The van der Waals surface area contributed by atoms with E-state index in [1.165, 1.54) is 18.2 Å². The largest absolute Gasteiger partial charge is 0.418 e. The normalized spacial score (nSPS) is 11.3. The molecule has 19 heavy (non-hydrogen) atoms. The van der Waals surface area contributed by atoms with Gasteiger partial charge in [0.15, 0.2) is 11.6 Å². The highest BCUT2D eigenvalue weighted by Crippen LogP contribution is 2.35. The van der Waals surface area contributed by atoms with Crippen LogP contribution in [0, 0.1) is 0 Å². The first-order valence-corrected chi connectivity index (χ1v) is 5.07. The van der Waals surface area contributed by atoms with Gasteiger partial charge in [-0.05, 0) is 12.1 Å². The molecule has 2 rings (SSSR count). The average molecular weight is 270 g/mol. The van der Waals surface area contributed by atoms with Crippen molar-refractivity contribution in [3.8, 4) is 0 Å². The van der Waals surface area contributed by atoms with Gasteiger partial charge in [0, 0.05) is 0 Å². The lowest BCUT2D eigenvalue weighted by atomic mass is 10.1. The fraction of sp³-hybridized carbons (Fsp3) is 0.100. The first-order chi connectivity index (χ1) is 8.88. The maximum absolute atomic E-state index is 12.8. The van der Waals surface area contributed by atoms with Gasteiger partial charge in [-0.3, -0.25) is 0 Å². The van der Waals surface area contributed by atoms with Gasteiger partial charge in [-0.15, -0.1) is 10.2 Å². The Labute approximate surface area is 105 Å². The van der Waals surface area contributed by atoms with Crippen LogP contribution in [-0.4, -0.2) is 15.2 Å². The maximum atomic E-state index is 12.8. The van der Waals surface area contributed by atoms with Gasteiger partial charge >= 0.3 is 6.18 Å². The van der Waals surface area contributed by atoms with E-state index in [1.807, 2.05) is 0 Å². The second-order valence-corrected chi connectivity index (χ2v) is 3.57. The molecule has 5 N–H and O–H groups in total. The third-order valence-electron chi connectivity index (χ3n) is 2.22. The van der Waals surface area contributed by atoms with Crippen molar-refractivity contribution in [3.63, 3.8) is 0 Å². The van der Waals surface area contributed by atoms with E-state index in [4.69, 9.17) is 11.5 Å². The highest BCUT2D eigenvalue weighted by molar-refractivity contribution is 5.61. The smallest absolute Gasteiger partial charge is 0.380 e. The zero-order chi connectivity index (χ0) is 14.0. The molecular weight excluding hydrogens is 261 g/mol. The van der Waals surface area contributed by atoms with Crippen LogP contribution in [0.1, 0.15) is 5.56 Å². The van der Waals surface area contributed by atoms with Crippen LogP contribution in [0.5, 0.6) is 0 Å². The fourth-order valence-corrected chi connectivity index (χ4v) is 1.36. The van der Waals surface area contributed by atoms with Crippen molar-refractivity contribution in [3.05, 3.63) is 29.8 Å². The number of benzene rings is 1. The standard InChI is InChI=1S/C10H9F3N6/c11-10(12,13)5-3-1-2-4-6(5)16-9-17-7(14)8(15)18-19-9/h1-4H,(H2,15,18)(H3,14,16,17,19). The molecule has 0 unspecified atom stereocenters. The molecular formula is C10H9F3N6. The van der Waals surface area contributed by atoms with E-state index in [0.717, 1.165) is 6.07 Å². The average Bonchev–Trinajstić information content (AvgIpc) is 2.33. The molecule has 0 aliphatic heterocycles. The highest BCUT2D eigenvalue weighted by Gasteiger charge is 2.33. The lowest BCUT2D eigenvalue weighted by molar-refractivity contribution is -0.136. The Morgan fingerprint density at radius 2 is 1.68 bits per heavy atom. The molecule has 9 heteroatoms. The molecule has 0 amide bonds. The van der Waals surface area contributed by atoms with E-state index < -0.39 is 11.7 Å². The molecule has 1 heterocycles. The molecule has 1 aromatic carbocycles. The highest BCUT2D eigenvalue weighted by atomic mass is 19.4. The van der Waals surface area contributed by atoms with Crippen molar-refractivity contribution in [2.75, 3.05) is 16.8 Å². The van der Waals surface area contributed by atoms with Crippen LogP contribution in [0.3, 0.4) is 0 Å². The summed E-state index contributed by atoms with van der Waals surface area (Å²) < 4.78 is 38.3. The predicted molar refractivity (Wildman–Crippen MR) is 63.4 cm³/mol. The number of hydrogen-bond donors (Lipinski definition) is 3. The fourth-order valence-electron chi connectivity index (χ4n) is 1.36. The lowest BCUT2D eigenvalue weighted by Gasteiger charge is -2.13. The predicted octanol–water partition coefficient (Wildman–Crippen LogP) is 1.80. The monoisotopic (exact) mass is 270 g/mol. The first kappa shape index (κ1) is 12.9. The second-order valence-electron chi connectivity index (χ2n) is 3.57. The zero-order valence-corrected chi connectivity index (χ0v) is 9.44. The summed E-state index contributed by atoms with van der Waals surface area (Å²) in [7, 11) is 0. The number of nitrogen functional groups attached to an aromatic ring is 2. The van der Waals surface area contributed by atoms with E-state index in [-0.39, 0.29) is 23.3 Å². The van der Waals surface area contributed by atoms with Gasteiger partial charge in [-0.2, -0.15) is 18.2 Å². The van der Waals surface area contributed by atoms with Crippen LogP contribution in [0.2, 0.25) is 0 Å². The van der Waals surface area contributed by atoms with E-state index in [1.54, 1.807) is 0 Å². The molecule has 0 spiro atoms. The Hall–Kier alpha value is -2.58. The number of rotatable bonds is 2.